The quantitative estimate of drug-likeness (QED) is 0.470. The zero-order chi connectivity index (χ0) is 10.9. The summed E-state index contributed by atoms with van der Waals surface area (Å²) < 4.78 is 37.8. The van der Waals surface area contributed by atoms with Crippen molar-refractivity contribution in [3.63, 3.8) is 0 Å². The molecule has 1 aromatic carbocycles. The van der Waals surface area contributed by atoms with Crippen LogP contribution in [0.3, 0.4) is 0 Å². The van der Waals surface area contributed by atoms with Crippen LogP contribution in [0.5, 0.6) is 0 Å². The minimum Gasteiger partial charge on any atom is -0.166 e. The predicted octanol–water partition coefficient (Wildman–Crippen LogP) is 4.81. The van der Waals surface area contributed by atoms with Crippen LogP contribution < -0.4 is 0 Å². The Balaban J connectivity index is 3.31. The normalized spacial score (nSPS) is 11.9. The van der Waals surface area contributed by atoms with E-state index in [4.69, 9.17) is 11.6 Å². The highest BCUT2D eigenvalue weighted by molar-refractivity contribution is 14.1. The maximum atomic E-state index is 12.4. The lowest BCUT2D eigenvalue weighted by Crippen LogP contribution is -2.07. The molecule has 0 aliphatic carbocycles. The van der Waals surface area contributed by atoms with Crippen molar-refractivity contribution in [3.05, 3.63) is 31.3 Å². The van der Waals surface area contributed by atoms with Gasteiger partial charge in [-0.3, -0.25) is 0 Å². The molecule has 0 N–H and O–H groups in total. The molecule has 14 heavy (non-hydrogen) atoms. The average Bonchev–Trinajstić information content (AvgIpc) is 2.07. The first-order valence-electron chi connectivity index (χ1n) is 3.48. The highest BCUT2D eigenvalue weighted by Crippen LogP contribution is 2.38. The standard InChI is InChI=1S/C8H4BrClF3I/c9-6-5(8(11,12)13)2-1-4(3-10)7(6)14/h1-2H,3H2. The Bertz CT molecular complexity index is 351. The van der Waals surface area contributed by atoms with Gasteiger partial charge in [-0.1, -0.05) is 6.07 Å². The lowest BCUT2D eigenvalue weighted by molar-refractivity contribution is -0.138. The van der Waals surface area contributed by atoms with Gasteiger partial charge in [0, 0.05) is 13.9 Å². The minimum atomic E-state index is -4.33. The smallest absolute Gasteiger partial charge is 0.166 e. The summed E-state index contributed by atoms with van der Waals surface area (Å²) >= 11 is 10.3. The van der Waals surface area contributed by atoms with E-state index >= 15 is 0 Å². The van der Waals surface area contributed by atoms with E-state index < -0.39 is 11.7 Å². The van der Waals surface area contributed by atoms with Crippen LogP contribution in [0.1, 0.15) is 11.1 Å². The maximum Gasteiger partial charge on any atom is 0.417 e. The molecular formula is C8H4BrClF3I. The molecule has 78 valence electrons. The zero-order valence-electron chi connectivity index (χ0n) is 6.63. The fourth-order valence-electron chi connectivity index (χ4n) is 0.912. The van der Waals surface area contributed by atoms with Gasteiger partial charge in [0.15, 0.2) is 0 Å². The first-order chi connectivity index (χ1) is 6.38. The highest BCUT2D eigenvalue weighted by Gasteiger charge is 2.33. The predicted molar refractivity (Wildman–Crippen MR) is 61.4 cm³/mol. The number of rotatable bonds is 1. The van der Waals surface area contributed by atoms with Gasteiger partial charge in [0.05, 0.1) is 5.56 Å². The van der Waals surface area contributed by atoms with Gasteiger partial charge in [-0.25, -0.2) is 0 Å². The van der Waals surface area contributed by atoms with Gasteiger partial charge in [-0.2, -0.15) is 13.2 Å². The van der Waals surface area contributed by atoms with Crippen LogP contribution in [0.4, 0.5) is 13.2 Å². The van der Waals surface area contributed by atoms with E-state index in [1.807, 2.05) is 22.6 Å². The van der Waals surface area contributed by atoms with Crippen LogP contribution in [0.2, 0.25) is 0 Å². The van der Waals surface area contributed by atoms with Crippen molar-refractivity contribution in [2.24, 2.45) is 0 Å². The van der Waals surface area contributed by atoms with Crippen molar-refractivity contribution in [2.75, 3.05) is 0 Å². The van der Waals surface area contributed by atoms with Gasteiger partial charge in [-0.05, 0) is 50.2 Å². The largest absolute Gasteiger partial charge is 0.417 e. The second kappa shape index (κ2) is 4.57. The van der Waals surface area contributed by atoms with Gasteiger partial charge in [-0.15, -0.1) is 11.6 Å². The van der Waals surface area contributed by atoms with Crippen molar-refractivity contribution in [1.82, 2.24) is 0 Å². The van der Waals surface area contributed by atoms with Crippen LogP contribution in [0, 0.1) is 3.57 Å². The number of hydrogen-bond donors (Lipinski definition) is 0. The van der Waals surface area contributed by atoms with Crippen LogP contribution in [0.25, 0.3) is 0 Å². The fourth-order valence-corrected chi connectivity index (χ4v) is 2.63. The molecule has 1 rings (SSSR count). The summed E-state index contributed by atoms with van der Waals surface area (Å²) in [4.78, 5) is 0. The van der Waals surface area contributed by atoms with E-state index in [-0.39, 0.29) is 10.4 Å². The number of alkyl halides is 4. The van der Waals surface area contributed by atoms with Crippen molar-refractivity contribution in [1.29, 1.82) is 0 Å². The van der Waals surface area contributed by atoms with Crippen molar-refractivity contribution in [2.45, 2.75) is 12.1 Å². The van der Waals surface area contributed by atoms with E-state index in [1.165, 1.54) is 6.07 Å². The molecule has 0 amide bonds. The molecule has 0 spiro atoms. The Labute approximate surface area is 106 Å². The SMILES string of the molecule is FC(F)(F)c1ccc(CCl)c(I)c1Br. The Kier molecular flexibility index (Phi) is 4.11. The minimum absolute atomic E-state index is 0.0590. The molecule has 6 heteroatoms. The molecule has 0 aliphatic heterocycles. The van der Waals surface area contributed by atoms with Gasteiger partial charge in [0.2, 0.25) is 0 Å². The molecule has 0 heterocycles. The van der Waals surface area contributed by atoms with Crippen LogP contribution in [-0.2, 0) is 12.1 Å². The Morgan fingerprint density at radius 2 is 1.93 bits per heavy atom. The Morgan fingerprint density at radius 3 is 2.36 bits per heavy atom. The summed E-state index contributed by atoms with van der Waals surface area (Å²) in [6.45, 7) is 0. The van der Waals surface area contributed by atoms with E-state index in [1.54, 1.807) is 0 Å². The summed E-state index contributed by atoms with van der Waals surface area (Å²) in [6, 6.07) is 2.42. The maximum absolute atomic E-state index is 12.4. The second-order valence-electron chi connectivity index (χ2n) is 2.53. The highest BCUT2D eigenvalue weighted by atomic mass is 127. The molecule has 0 nitrogen and oxygen atoms in total. The molecule has 0 fully saturated rings. The summed E-state index contributed by atoms with van der Waals surface area (Å²) in [5.74, 6) is 0.203. The average molecular weight is 399 g/mol. The van der Waals surface area contributed by atoms with Crippen LogP contribution in [0.15, 0.2) is 16.6 Å². The number of benzene rings is 1. The number of halogens is 6. The van der Waals surface area contributed by atoms with Crippen molar-refractivity contribution >= 4 is 50.1 Å². The zero-order valence-corrected chi connectivity index (χ0v) is 11.1. The van der Waals surface area contributed by atoms with Gasteiger partial charge >= 0.3 is 6.18 Å². The molecule has 0 atom stereocenters. The number of hydrogen-bond acceptors (Lipinski definition) is 0. The third-order valence-electron chi connectivity index (χ3n) is 1.61. The Morgan fingerprint density at radius 1 is 1.36 bits per heavy atom. The summed E-state index contributed by atoms with van der Waals surface area (Å²) in [5, 5.41) is 0. The topological polar surface area (TPSA) is 0 Å². The summed E-state index contributed by atoms with van der Waals surface area (Å²) in [7, 11) is 0. The van der Waals surface area contributed by atoms with E-state index in [0.717, 1.165) is 6.07 Å². The summed E-state index contributed by atoms with van der Waals surface area (Å²) in [5.41, 5.74) is 0.0166. The van der Waals surface area contributed by atoms with Gasteiger partial charge in [0.1, 0.15) is 0 Å². The van der Waals surface area contributed by atoms with Gasteiger partial charge < -0.3 is 0 Å². The Hall–Kier alpha value is 0.510. The van der Waals surface area contributed by atoms with Crippen molar-refractivity contribution < 1.29 is 13.2 Å². The molecule has 0 bridgehead atoms. The van der Waals surface area contributed by atoms with E-state index in [0.29, 0.717) is 9.13 Å². The second-order valence-corrected chi connectivity index (χ2v) is 4.67. The van der Waals surface area contributed by atoms with Crippen molar-refractivity contribution in [3.8, 4) is 0 Å². The van der Waals surface area contributed by atoms with E-state index in [2.05, 4.69) is 15.9 Å². The molecule has 0 aromatic heterocycles. The molecule has 0 unspecified atom stereocenters. The first-order valence-corrected chi connectivity index (χ1v) is 5.88. The third-order valence-corrected chi connectivity index (χ3v) is 4.70. The monoisotopic (exact) mass is 398 g/mol. The fraction of sp³-hybridized carbons (Fsp3) is 0.250. The lowest BCUT2D eigenvalue weighted by atomic mass is 10.1. The van der Waals surface area contributed by atoms with E-state index in [9.17, 15) is 13.2 Å². The van der Waals surface area contributed by atoms with Crippen LogP contribution >= 0.6 is 50.1 Å². The van der Waals surface area contributed by atoms with Gasteiger partial charge in [0.25, 0.3) is 0 Å². The molecule has 0 aliphatic rings. The lowest BCUT2D eigenvalue weighted by Gasteiger charge is -2.12. The molecule has 0 saturated carbocycles. The first kappa shape index (κ1) is 12.6. The molecular weight excluding hydrogens is 395 g/mol. The molecule has 0 saturated heterocycles. The van der Waals surface area contributed by atoms with Crippen LogP contribution in [-0.4, -0.2) is 0 Å². The third kappa shape index (κ3) is 2.55. The summed E-state index contributed by atoms with van der Waals surface area (Å²) in [6.07, 6.45) is -4.33. The molecule has 1 aromatic rings. The molecule has 0 radical (unpaired) electrons.